The second-order valence-electron chi connectivity index (χ2n) is 4.85. The quantitative estimate of drug-likeness (QED) is 0.719. The predicted octanol–water partition coefficient (Wildman–Crippen LogP) is -0.260. The van der Waals surface area contributed by atoms with Gasteiger partial charge in [0.2, 0.25) is 0 Å². The van der Waals surface area contributed by atoms with Crippen LogP contribution in [0.2, 0.25) is 0 Å². The average Bonchev–Trinajstić information content (AvgIpc) is 2.88. The van der Waals surface area contributed by atoms with Gasteiger partial charge in [-0.25, -0.2) is 4.79 Å². The number of rotatable bonds is 6. The number of urea groups is 1. The van der Waals surface area contributed by atoms with E-state index >= 15 is 0 Å². The highest BCUT2D eigenvalue weighted by molar-refractivity contribution is 6.21. The van der Waals surface area contributed by atoms with Gasteiger partial charge in [-0.1, -0.05) is 26.7 Å². The molecule has 2 aliphatic heterocycles. The number of amidine groups is 1. The lowest BCUT2D eigenvalue weighted by molar-refractivity contribution is -0.461. The van der Waals surface area contributed by atoms with E-state index in [0.717, 1.165) is 25.7 Å². The molecule has 0 spiro atoms. The summed E-state index contributed by atoms with van der Waals surface area (Å²) in [5, 5.41) is 0. The number of hydrogen-bond donors (Lipinski definition) is 1. The summed E-state index contributed by atoms with van der Waals surface area (Å²) in [5.74, 6) is 0.370. The van der Waals surface area contributed by atoms with Gasteiger partial charge in [-0.15, -0.1) is 0 Å². The molecular formula is C13H21N4O2+. The summed E-state index contributed by atoms with van der Waals surface area (Å²) in [4.78, 5) is 34.7. The summed E-state index contributed by atoms with van der Waals surface area (Å²) in [7, 11) is 0. The number of carbonyl (C=O) groups is 2. The zero-order chi connectivity index (χ0) is 13.8. The van der Waals surface area contributed by atoms with E-state index in [-0.39, 0.29) is 11.9 Å². The van der Waals surface area contributed by atoms with Gasteiger partial charge in [-0.3, -0.25) is 19.6 Å². The van der Waals surface area contributed by atoms with E-state index in [4.69, 9.17) is 0 Å². The fourth-order valence-electron chi connectivity index (χ4n) is 2.28. The molecule has 6 heteroatoms. The fourth-order valence-corrected chi connectivity index (χ4v) is 2.28. The van der Waals surface area contributed by atoms with Crippen molar-refractivity contribution in [3.63, 3.8) is 0 Å². The van der Waals surface area contributed by atoms with Crippen molar-refractivity contribution in [1.82, 2.24) is 9.80 Å². The van der Waals surface area contributed by atoms with Crippen molar-refractivity contribution in [2.24, 2.45) is 4.99 Å². The summed E-state index contributed by atoms with van der Waals surface area (Å²) >= 11 is 0. The highest BCUT2D eigenvalue weighted by atomic mass is 16.2. The Labute approximate surface area is 113 Å². The minimum atomic E-state index is -0.480. The van der Waals surface area contributed by atoms with Crippen LogP contribution in [0.5, 0.6) is 0 Å². The standard InChI is InChI=1S/C13H20N4O2/c1-3-5-7-16-11-10(14-9-15-11)12(18)17(13(16)19)8-6-4-2/h9-10H,3-8H2,1-2H3/p+1. The van der Waals surface area contributed by atoms with Gasteiger partial charge < -0.3 is 0 Å². The van der Waals surface area contributed by atoms with Crippen LogP contribution >= 0.6 is 0 Å². The molecule has 3 amide bonds. The van der Waals surface area contributed by atoms with Gasteiger partial charge in [0.05, 0.1) is 0 Å². The van der Waals surface area contributed by atoms with Crippen LogP contribution < -0.4 is 4.99 Å². The second kappa shape index (κ2) is 5.95. The molecule has 6 nitrogen and oxygen atoms in total. The summed E-state index contributed by atoms with van der Waals surface area (Å²) in [6.45, 7) is 5.23. The molecule has 0 bridgehead atoms. The fraction of sp³-hybridized carbons (Fsp3) is 0.692. The van der Waals surface area contributed by atoms with Crippen molar-refractivity contribution in [2.45, 2.75) is 45.6 Å². The van der Waals surface area contributed by atoms with E-state index in [9.17, 15) is 9.59 Å². The van der Waals surface area contributed by atoms with Crippen LogP contribution in [0.25, 0.3) is 0 Å². The molecule has 0 saturated carbocycles. The number of amides is 3. The summed E-state index contributed by atoms with van der Waals surface area (Å²) in [6, 6.07) is -0.703. The van der Waals surface area contributed by atoms with Crippen molar-refractivity contribution in [1.29, 1.82) is 0 Å². The number of nitrogens with one attached hydrogen (secondary N) is 1. The monoisotopic (exact) mass is 265 g/mol. The molecule has 0 aromatic heterocycles. The third-order valence-corrected chi connectivity index (χ3v) is 3.42. The lowest BCUT2D eigenvalue weighted by Gasteiger charge is -2.33. The lowest BCUT2D eigenvalue weighted by Crippen LogP contribution is -2.84. The van der Waals surface area contributed by atoms with Crippen molar-refractivity contribution >= 4 is 24.1 Å². The Balaban J connectivity index is 2.18. The Morgan fingerprint density at radius 2 is 1.79 bits per heavy atom. The number of aliphatic imine (C=N–C) groups is 1. The van der Waals surface area contributed by atoms with Crippen LogP contribution in [0.4, 0.5) is 4.79 Å². The van der Waals surface area contributed by atoms with E-state index in [2.05, 4.69) is 16.9 Å². The van der Waals surface area contributed by atoms with Gasteiger partial charge in [-0.2, -0.15) is 0 Å². The molecule has 19 heavy (non-hydrogen) atoms. The summed E-state index contributed by atoms with van der Waals surface area (Å²) in [5.41, 5.74) is 0. The molecule has 0 radical (unpaired) electrons. The first-order valence-electron chi connectivity index (χ1n) is 6.99. The average molecular weight is 265 g/mol. The second-order valence-corrected chi connectivity index (χ2v) is 4.85. The zero-order valence-corrected chi connectivity index (χ0v) is 11.6. The maximum atomic E-state index is 12.4. The van der Waals surface area contributed by atoms with Gasteiger partial charge in [0.1, 0.15) is 0 Å². The number of unbranched alkanes of at least 4 members (excludes halogenated alkanes) is 2. The van der Waals surface area contributed by atoms with Crippen LogP contribution in [0.3, 0.4) is 0 Å². The molecule has 0 aromatic carbocycles. The molecule has 0 aromatic rings. The number of fused-ring (bicyclic) bond motifs is 1. The van der Waals surface area contributed by atoms with Crippen molar-refractivity contribution in [3.05, 3.63) is 0 Å². The third-order valence-electron chi connectivity index (χ3n) is 3.42. The molecule has 0 aliphatic carbocycles. The molecule has 2 rings (SSSR count). The van der Waals surface area contributed by atoms with Gasteiger partial charge in [0.25, 0.3) is 24.1 Å². The number of carbonyl (C=O) groups excluding carboxylic acids is 2. The Morgan fingerprint density at radius 3 is 2.42 bits per heavy atom. The molecule has 2 aliphatic rings. The number of nitrogens with zero attached hydrogens (tertiary/aromatic N) is 3. The van der Waals surface area contributed by atoms with E-state index < -0.39 is 6.04 Å². The minimum Gasteiger partial charge on any atom is -0.269 e. The highest BCUT2D eigenvalue weighted by Gasteiger charge is 2.49. The van der Waals surface area contributed by atoms with Gasteiger partial charge >= 0.3 is 6.03 Å². The Bertz CT molecular complexity index is 430. The number of hydrogen-bond acceptors (Lipinski definition) is 3. The molecule has 1 N–H and O–H groups in total. The van der Waals surface area contributed by atoms with E-state index in [1.807, 2.05) is 6.92 Å². The van der Waals surface area contributed by atoms with Crippen molar-refractivity contribution < 1.29 is 14.6 Å². The summed E-state index contributed by atoms with van der Waals surface area (Å²) in [6.07, 6.45) is 5.21. The van der Waals surface area contributed by atoms with Crippen LogP contribution in [0.15, 0.2) is 4.99 Å². The van der Waals surface area contributed by atoms with Crippen LogP contribution in [0, 0.1) is 0 Å². The first-order chi connectivity index (χ1) is 9.20. The normalized spacial score (nSPS) is 22.0. The van der Waals surface area contributed by atoms with E-state index in [0.29, 0.717) is 18.9 Å². The van der Waals surface area contributed by atoms with Gasteiger partial charge in [0, 0.05) is 13.1 Å². The van der Waals surface area contributed by atoms with Crippen LogP contribution in [0.1, 0.15) is 39.5 Å². The molecule has 1 fully saturated rings. The Hall–Kier alpha value is -1.72. The van der Waals surface area contributed by atoms with E-state index in [1.165, 1.54) is 11.2 Å². The SMILES string of the molecule is CCCCN1C(=O)C2[NH+]=CN=C2N(CCCC)C1=O. The van der Waals surface area contributed by atoms with Crippen molar-refractivity contribution in [2.75, 3.05) is 13.1 Å². The smallest absolute Gasteiger partial charge is 0.269 e. The molecular weight excluding hydrogens is 244 g/mol. The topological polar surface area (TPSA) is 67.0 Å². The van der Waals surface area contributed by atoms with E-state index in [1.54, 1.807) is 4.90 Å². The predicted molar refractivity (Wildman–Crippen MR) is 71.9 cm³/mol. The Morgan fingerprint density at radius 1 is 1.16 bits per heavy atom. The van der Waals surface area contributed by atoms with Crippen LogP contribution in [-0.2, 0) is 4.79 Å². The van der Waals surface area contributed by atoms with Gasteiger partial charge in [0.15, 0.2) is 0 Å². The highest BCUT2D eigenvalue weighted by Crippen LogP contribution is 2.15. The maximum absolute atomic E-state index is 12.4. The maximum Gasteiger partial charge on any atom is 0.334 e. The zero-order valence-electron chi connectivity index (χ0n) is 11.6. The first kappa shape index (κ1) is 13.7. The summed E-state index contributed by atoms with van der Waals surface area (Å²) < 4.78 is 0. The Kier molecular flexibility index (Phi) is 4.29. The molecule has 1 unspecified atom stereocenters. The lowest BCUT2D eigenvalue weighted by atomic mass is 10.1. The third kappa shape index (κ3) is 2.52. The van der Waals surface area contributed by atoms with Crippen molar-refractivity contribution in [3.8, 4) is 0 Å². The molecule has 104 valence electrons. The molecule has 1 atom stereocenters. The molecule has 1 saturated heterocycles. The van der Waals surface area contributed by atoms with Gasteiger partial charge in [-0.05, 0) is 17.8 Å². The van der Waals surface area contributed by atoms with Crippen LogP contribution in [-0.4, -0.2) is 53.0 Å². The first-order valence-corrected chi connectivity index (χ1v) is 6.99. The largest absolute Gasteiger partial charge is 0.334 e. The number of imide groups is 1. The minimum absolute atomic E-state index is 0.182. The molecule has 2 heterocycles.